The highest BCUT2D eigenvalue weighted by atomic mass is 32.2. The molecule has 150 valence electrons. The Morgan fingerprint density at radius 1 is 0.862 bits per heavy atom. The van der Waals surface area contributed by atoms with Crippen LogP contribution in [-0.2, 0) is 10.0 Å². The van der Waals surface area contributed by atoms with E-state index < -0.39 is 10.0 Å². The molecular weight excluding hydrogens is 384 g/mol. The van der Waals surface area contributed by atoms with Crippen molar-refractivity contribution in [2.75, 3.05) is 11.0 Å². The Hall–Kier alpha value is -3.12. The predicted molar refractivity (Wildman–Crippen MR) is 117 cm³/mol. The Balaban J connectivity index is 1.93. The van der Waals surface area contributed by atoms with Crippen LogP contribution in [0.5, 0.6) is 0 Å². The molecule has 0 unspecified atom stereocenters. The normalized spacial score (nSPS) is 12.2. The molecule has 0 saturated heterocycles. The molecular formula is C23H24N2O3S. The summed E-state index contributed by atoms with van der Waals surface area (Å²) in [5, 5.41) is 3.08. The fraction of sp³-hybridized carbons (Fsp3) is 0.174. The number of hydrogen-bond donors (Lipinski definition) is 2. The first-order valence-electron chi connectivity index (χ1n) is 9.24. The van der Waals surface area contributed by atoms with Crippen molar-refractivity contribution >= 4 is 21.6 Å². The minimum atomic E-state index is -3.44. The van der Waals surface area contributed by atoms with Gasteiger partial charge in [-0.25, -0.2) is 8.42 Å². The zero-order chi connectivity index (χ0) is 21.0. The Bertz CT molecular complexity index is 1110. The van der Waals surface area contributed by atoms with E-state index in [0.717, 1.165) is 28.5 Å². The van der Waals surface area contributed by atoms with E-state index in [-0.39, 0.29) is 11.9 Å². The minimum absolute atomic E-state index is 0.282. The molecule has 6 heteroatoms. The SMILES string of the molecule is Cc1ccc([C@H](NC(=O)c2ccc(C)c(NS(C)(=O)=O)c2)c2ccccc2)cc1. The smallest absolute Gasteiger partial charge is 0.252 e. The van der Waals surface area contributed by atoms with Crippen molar-refractivity contribution in [3.8, 4) is 0 Å². The number of carbonyl (C=O) groups is 1. The Morgan fingerprint density at radius 3 is 2.10 bits per heavy atom. The number of amides is 1. The second-order valence-corrected chi connectivity index (χ2v) is 8.88. The number of nitrogens with one attached hydrogen (secondary N) is 2. The lowest BCUT2D eigenvalue weighted by molar-refractivity contribution is 0.0943. The molecule has 0 bridgehead atoms. The van der Waals surface area contributed by atoms with Crippen molar-refractivity contribution < 1.29 is 13.2 Å². The summed E-state index contributed by atoms with van der Waals surface area (Å²) in [6.07, 6.45) is 1.09. The number of hydrogen-bond acceptors (Lipinski definition) is 3. The van der Waals surface area contributed by atoms with Gasteiger partial charge in [-0.15, -0.1) is 0 Å². The molecule has 0 radical (unpaired) electrons. The van der Waals surface area contributed by atoms with Crippen LogP contribution < -0.4 is 10.0 Å². The van der Waals surface area contributed by atoms with Crippen molar-refractivity contribution in [3.05, 3.63) is 101 Å². The second-order valence-electron chi connectivity index (χ2n) is 7.13. The molecule has 0 aliphatic carbocycles. The topological polar surface area (TPSA) is 75.3 Å². The molecule has 2 N–H and O–H groups in total. The van der Waals surface area contributed by atoms with Crippen LogP contribution in [0.4, 0.5) is 5.69 Å². The van der Waals surface area contributed by atoms with Crippen molar-refractivity contribution in [2.45, 2.75) is 19.9 Å². The van der Waals surface area contributed by atoms with Crippen molar-refractivity contribution in [2.24, 2.45) is 0 Å². The highest BCUT2D eigenvalue weighted by molar-refractivity contribution is 7.92. The molecule has 29 heavy (non-hydrogen) atoms. The molecule has 3 rings (SSSR count). The van der Waals surface area contributed by atoms with E-state index in [1.54, 1.807) is 25.1 Å². The standard InChI is InChI=1S/C23H24N2O3S/c1-16-9-12-19(13-10-16)22(18-7-5-4-6-8-18)24-23(26)20-14-11-17(2)21(15-20)25-29(3,27)28/h4-15,22,25H,1-3H3,(H,24,26)/t22-/m1/s1. The van der Waals surface area contributed by atoms with Crippen LogP contribution in [0.1, 0.15) is 38.7 Å². The fourth-order valence-electron chi connectivity index (χ4n) is 3.05. The lowest BCUT2D eigenvalue weighted by atomic mass is 9.97. The van der Waals surface area contributed by atoms with Crippen LogP contribution in [0.3, 0.4) is 0 Å². The third-order valence-electron chi connectivity index (χ3n) is 4.61. The summed E-state index contributed by atoms with van der Waals surface area (Å²) in [6.45, 7) is 3.80. The van der Waals surface area contributed by atoms with Gasteiger partial charge in [0, 0.05) is 5.56 Å². The van der Waals surface area contributed by atoms with Crippen LogP contribution in [0.25, 0.3) is 0 Å². The molecule has 0 saturated carbocycles. The summed E-state index contributed by atoms with van der Waals surface area (Å²) in [6, 6.07) is 22.4. The summed E-state index contributed by atoms with van der Waals surface area (Å²) in [5.74, 6) is -0.282. The molecule has 1 atom stereocenters. The van der Waals surface area contributed by atoms with Gasteiger partial charge in [0.2, 0.25) is 10.0 Å². The quantitative estimate of drug-likeness (QED) is 0.642. The van der Waals surface area contributed by atoms with E-state index in [4.69, 9.17) is 0 Å². The van der Waals surface area contributed by atoms with Gasteiger partial charge in [0.05, 0.1) is 18.0 Å². The zero-order valence-corrected chi connectivity index (χ0v) is 17.5. The van der Waals surface area contributed by atoms with Crippen LogP contribution in [0, 0.1) is 13.8 Å². The predicted octanol–water partition coefficient (Wildman–Crippen LogP) is 4.19. The molecule has 0 spiro atoms. The van der Waals surface area contributed by atoms with Gasteiger partial charge >= 0.3 is 0 Å². The molecule has 0 aliphatic rings. The monoisotopic (exact) mass is 408 g/mol. The number of rotatable bonds is 6. The first kappa shape index (κ1) is 20.6. The molecule has 3 aromatic carbocycles. The fourth-order valence-corrected chi connectivity index (χ4v) is 3.67. The van der Waals surface area contributed by atoms with Crippen LogP contribution >= 0.6 is 0 Å². The third kappa shape index (κ3) is 5.45. The number of benzene rings is 3. The highest BCUT2D eigenvalue weighted by Crippen LogP contribution is 2.24. The van der Waals surface area contributed by atoms with Gasteiger partial charge in [0.1, 0.15) is 0 Å². The van der Waals surface area contributed by atoms with Crippen LogP contribution in [0.2, 0.25) is 0 Å². The van der Waals surface area contributed by atoms with Crippen molar-refractivity contribution in [3.63, 3.8) is 0 Å². The van der Waals surface area contributed by atoms with Gasteiger partial charge in [-0.1, -0.05) is 66.2 Å². The molecule has 0 heterocycles. The minimum Gasteiger partial charge on any atom is -0.341 e. The van der Waals surface area contributed by atoms with E-state index in [1.165, 1.54) is 0 Å². The maximum atomic E-state index is 13.0. The van der Waals surface area contributed by atoms with E-state index in [0.29, 0.717) is 11.3 Å². The Kier molecular flexibility index (Phi) is 6.03. The molecule has 0 aromatic heterocycles. The number of sulfonamides is 1. The zero-order valence-electron chi connectivity index (χ0n) is 16.6. The second kappa shape index (κ2) is 8.49. The average molecular weight is 409 g/mol. The lowest BCUT2D eigenvalue weighted by Crippen LogP contribution is -2.29. The maximum absolute atomic E-state index is 13.0. The maximum Gasteiger partial charge on any atom is 0.252 e. The number of anilines is 1. The van der Waals surface area contributed by atoms with Gasteiger partial charge in [-0.2, -0.15) is 0 Å². The number of carbonyl (C=O) groups excluding carboxylic acids is 1. The Morgan fingerprint density at radius 2 is 1.48 bits per heavy atom. The lowest BCUT2D eigenvalue weighted by Gasteiger charge is -2.20. The highest BCUT2D eigenvalue weighted by Gasteiger charge is 2.18. The molecule has 0 aliphatic heterocycles. The van der Waals surface area contributed by atoms with Crippen LogP contribution in [-0.4, -0.2) is 20.6 Å². The van der Waals surface area contributed by atoms with Gasteiger partial charge < -0.3 is 5.32 Å². The van der Waals surface area contributed by atoms with E-state index in [9.17, 15) is 13.2 Å². The summed E-state index contributed by atoms with van der Waals surface area (Å²) < 4.78 is 25.7. The van der Waals surface area contributed by atoms with Gasteiger partial charge in [0.15, 0.2) is 0 Å². The molecule has 3 aromatic rings. The third-order valence-corrected chi connectivity index (χ3v) is 5.20. The van der Waals surface area contributed by atoms with Gasteiger partial charge in [-0.05, 0) is 42.7 Å². The molecule has 1 amide bonds. The van der Waals surface area contributed by atoms with Crippen molar-refractivity contribution in [1.82, 2.24) is 5.32 Å². The summed E-state index contributed by atoms with van der Waals surface area (Å²) in [5.41, 5.74) is 4.59. The summed E-state index contributed by atoms with van der Waals surface area (Å²) in [4.78, 5) is 13.0. The average Bonchev–Trinajstić information content (AvgIpc) is 2.68. The van der Waals surface area contributed by atoms with E-state index >= 15 is 0 Å². The largest absolute Gasteiger partial charge is 0.341 e. The molecule has 0 fully saturated rings. The first-order chi connectivity index (χ1) is 13.7. The van der Waals surface area contributed by atoms with Gasteiger partial charge in [-0.3, -0.25) is 9.52 Å². The Labute approximate surface area is 171 Å². The van der Waals surface area contributed by atoms with Crippen LogP contribution in [0.15, 0.2) is 72.8 Å². The number of aryl methyl sites for hydroxylation is 2. The first-order valence-corrected chi connectivity index (χ1v) is 11.1. The summed E-state index contributed by atoms with van der Waals surface area (Å²) >= 11 is 0. The molecule has 5 nitrogen and oxygen atoms in total. The van der Waals surface area contributed by atoms with E-state index in [2.05, 4.69) is 10.0 Å². The van der Waals surface area contributed by atoms with E-state index in [1.807, 2.05) is 61.5 Å². The summed E-state index contributed by atoms with van der Waals surface area (Å²) in [7, 11) is -3.44. The van der Waals surface area contributed by atoms with Crippen molar-refractivity contribution in [1.29, 1.82) is 0 Å². The van der Waals surface area contributed by atoms with Gasteiger partial charge in [0.25, 0.3) is 5.91 Å².